The van der Waals surface area contributed by atoms with Crippen LogP contribution in [0.4, 0.5) is 10.5 Å². The number of thioether (sulfide) groups is 1. The number of aromatic nitrogens is 2. The van der Waals surface area contributed by atoms with Gasteiger partial charge in [0.25, 0.3) is 0 Å². The highest BCUT2D eigenvalue weighted by atomic mass is 32.2. The molecule has 1 aromatic carbocycles. The molecular formula is C20H21N5O4S2. The smallest absolute Gasteiger partial charge is 0.328 e. The van der Waals surface area contributed by atoms with Crippen molar-refractivity contribution in [2.24, 2.45) is 5.41 Å². The number of barbiturate groups is 1. The van der Waals surface area contributed by atoms with E-state index in [2.05, 4.69) is 25.7 Å². The molecular weight excluding hydrogens is 438 g/mol. The Morgan fingerprint density at radius 3 is 2.61 bits per heavy atom. The van der Waals surface area contributed by atoms with Crippen LogP contribution in [0.5, 0.6) is 0 Å². The lowest BCUT2D eigenvalue weighted by atomic mass is 9.66. The van der Waals surface area contributed by atoms with Gasteiger partial charge in [-0.25, -0.2) is 4.79 Å². The van der Waals surface area contributed by atoms with Crippen LogP contribution < -0.4 is 15.5 Å². The molecule has 4 heterocycles. The summed E-state index contributed by atoms with van der Waals surface area (Å²) in [6, 6.07) is 4.66. The summed E-state index contributed by atoms with van der Waals surface area (Å²) in [6.45, 7) is 4.38. The SMILES string of the molecule is CSc1nnc(-c2ccc3c(c2)CC2(C(=O)NC(=O)NC2=O)[C@H]2[C@H](C)O[C@H](C)CN32)s1. The lowest BCUT2D eigenvalue weighted by molar-refractivity contribution is -0.153. The van der Waals surface area contributed by atoms with E-state index in [1.54, 1.807) is 0 Å². The number of ether oxygens (including phenoxy) is 1. The standard InChI is InChI=1S/C20H21N5O4S2/c1-9-8-25-13-5-4-11(15-23-24-19(30-3)31-15)6-12(13)7-20(14(25)10(2)29-9)16(26)21-18(28)22-17(20)27/h4-6,9-10,14H,7-8H2,1-3H3,(H2,21,22,26,27,28)/t9-,10+,14-/m1/s1. The fourth-order valence-corrected chi connectivity index (χ4v) is 6.26. The summed E-state index contributed by atoms with van der Waals surface area (Å²) in [5.41, 5.74) is 1.24. The highest BCUT2D eigenvalue weighted by Crippen LogP contribution is 2.47. The molecule has 11 heteroatoms. The molecule has 0 radical (unpaired) electrons. The van der Waals surface area contributed by atoms with Gasteiger partial charge in [0.05, 0.1) is 18.2 Å². The Morgan fingerprint density at radius 2 is 1.94 bits per heavy atom. The van der Waals surface area contributed by atoms with Crippen molar-refractivity contribution in [3.05, 3.63) is 23.8 Å². The van der Waals surface area contributed by atoms with Crippen LogP contribution in [0.15, 0.2) is 22.5 Å². The van der Waals surface area contributed by atoms with Gasteiger partial charge in [-0.2, -0.15) is 0 Å². The van der Waals surface area contributed by atoms with Crippen molar-refractivity contribution < 1.29 is 19.1 Å². The quantitative estimate of drug-likeness (QED) is 0.516. The largest absolute Gasteiger partial charge is 0.372 e. The van der Waals surface area contributed by atoms with Crippen LogP contribution in [0, 0.1) is 5.41 Å². The third kappa shape index (κ3) is 3.06. The number of morpholine rings is 1. The summed E-state index contributed by atoms with van der Waals surface area (Å²) in [5.74, 6) is -1.17. The molecule has 0 bridgehead atoms. The zero-order valence-corrected chi connectivity index (χ0v) is 18.8. The number of anilines is 1. The Hall–Kier alpha value is -2.50. The summed E-state index contributed by atoms with van der Waals surface area (Å²) < 4.78 is 6.89. The van der Waals surface area contributed by atoms with E-state index in [0.29, 0.717) is 6.54 Å². The fraction of sp³-hybridized carbons (Fsp3) is 0.450. The molecule has 3 aliphatic heterocycles. The molecule has 1 spiro atoms. The number of nitrogens with one attached hydrogen (secondary N) is 2. The number of benzene rings is 1. The zero-order valence-electron chi connectivity index (χ0n) is 17.2. The Balaban J connectivity index is 1.65. The Labute approximate surface area is 186 Å². The molecule has 0 unspecified atom stereocenters. The molecule has 3 atom stereocenters. The minimum absolute atomic E-state index is 0.0717. The normalized spacial score (nSPS) is 26.9. The minimum atomic E-state index is -1.47. The van der Waals surface area contributed by atoms with Crippen LogP contribution in [-0.4, -0.2) is 59.1 Å². The molecule has 1 aromatic heterocycles. The predicted octanol–water partition coefficient (Wildman–Crippen LogP) is 1.82. The van der Waals surface area contributed by atoms with Crippen LogP contribution in [0.3, 0.4) is 0 Å². The van der Waals surface area contributed by atoms with Gasteiger partial charge in [0.1, 0.15) is 5.01 Å². The van der Waals surface area contributed by atoms with Crippen molar-refractivity contribution in [2.75, 3.05) is 17.7 Å². The van der Waals surface area contributed by atoms with Crippen molar-refractivity contribution in [3.63, 3.8) is 0 Å². The van der Waals surface area contributed by atoms with E-state index in [0.717, 1.165) is 26.2 Å². The average Bonchev–Trinajstić information content (AvgIpc) is 3.20. The third-order valence-electron chi connectivity index (χ3n) is 6.14. The van der Waals surface area contributed by atoms with E-state index in [9.17, 15) is 14.4 Å². The summed E-state index contributed by atoms with van der Waals surface area (Å²) in [5, 5.41) is 13.8. The van der Waals surface area contributed by atoms with E-state index in [4.69, 9.17) is 4.74 Å². The van der Waals surface area contributed by atoms with E-state index in [1.807, 2.05) is 38.3 Å². The Kier molecular flexibility index (Phi) is 4.79. The number of rotatable bonds is 2. The van der Waals surface area contributed by atoms with Gasteiger partial charge in [0.2, 0.25) is 11.8 Å². The first-order valence-corrected chi connectivity index (χ1v) is 12.0. The Morgan fingerprint density at radius 1 is 1.19 bits per heavy atom. The number of carbonyl (C=O) groups is 3. The van der Waals surface area contributed by atoms with Crippen LogP contribution in [0.2, 0.25) is 0 Å². The second-order valence-corrected chi connectivity index (χ2v) is 10.1. The predicted molar refractivity (Wildman–Crippen MR) is 116 cm³/mol. The molecule has 4 amide bonds. The molecule has 5 rings (SSSR count). The number of hydrogen-bond acceptors (Lipinski definition) is 9. The fourth-order valence-electron chi connectivity index (χ4n) is 4.99. The van der Waals surface area contributed by atoms with Crippen LogP contribution >= 0.6 is 23.1 Å². The number of amides is 4. The van der Waals surface area contributed by atoms with Crippen molar-refractivity contribution in [3.8, 4) is 10.6 Å². The molecule has 2 saturated heterocycles. The van der Waals surface area contributed by atoms with Crippen LogP contribution in [-0.2, 0) is 20.7 Å². The molecule has 0 saturated carbocycles. The molecule has 2 aromatic rings. The highest BCUT2D eigenvalue weighted by Gasteiger charge is 2.62. The van der Waals surface area contributed by atoms with Crippen LogP contribution in [0.25, 0.3) is 10.6 Å². The number of nitrogens with zero attached hydrogens (tertiary/aromatic N) is 3. The number of imide groups is 2. The monoisotopic (exact) mass is 459 g/mol. The molecule has 2 fully saturated rings. The van der Waals surface area contributed by atoms with Crippen molar-refractivity contribution in [1.82, 2.24) is 20.8 Å². The lowest BCUT2D eigenvalue weighted by Gasteiger charge is -2.55. The first-order valence-electron chi connectivity index (χ1n) is 9.93. The molecule has 162 valence electrons. The topological polar surface area (TPSA) is 114 Å². The lowest BCUT2D eigenvalue weighted by Crippen LogP contribution is -2.75. The van der Waals surface area contributed by atoms with Gasteiger partial charge in [-0.3, -0.25) is 20.2 Å². The third-order valence-corrected chi connectivity index (χ3v) is 8.08. The maximum absolute atomic E-state index is 13.2. The van der Waals surface area contributed by atoms with E-state index in [-0.39, 0.29) is 18.6 Å². The van der Waals surface area contributed by atoms with Crippen molar-refractivity contribution in [1.29, 1.82) is 0 Å². The van der Waals surface area contributed by atoms with E-state index < -0.39 is 29.3 Å². The minimum Gasteiger partial charge on any atom is -0.372 e. The van der Waals surface area contributed by atoms with Gasteiger partial charge in [0, 0.05) is 17.8 Å². The molecule has 0 aliphatic carbocycles. The maximum Gasteiger partial charge on any atom is 0.328 e. The molecule has 2 N–H and O–H groups in total. The van der Waals surface area contributed by atoms with Gasteiger partial charge >= 0.3 is 6.03 Å². The first-order chi connectivity index (χ1) is 14.8. The van der Waals surface area contributed by atoms with Gasteiger partial charge in [-0.05, 0) is 50.3 Å². The van der Waals surface area contributed by atoms with E-state index >= 15 is 0 Å². The number of fused-ring (bicyclic) bond motifs is 4. The van der Waals surface area contributed by atoms with Gasteiger partial charge in [0.15, 0.2) is 9.75 Å². The number of hydrogen-bond donors (Lipinski definition) is 2. The molecule has 3 aliphatic rings. The van der Waals surface area contributed by atoms with Crippen LogP contribution in [0.1, 0.15) is 19.4 Å². The van der Waals surface area contributed by atoms with Gasteiger partial charge < -0.3 is 9.64 Å². The van der Waals surface area contributed by atoms with E-state index in [1.165, 1.54) is 23.1 Å². The maximum atomic E-state index is 13.2. The number of urea groups is 1. The average molecular weight is 460 g/mol. The number of carbonyl (C=O) groups excluding carboxylic acids is 3. The molecule has 31 heavy (non-hydrogen) atoms. The van der Waals surface area contributed by atoms with Crippen molar-refractivity contribution in [2.45, 2.75) is 42.9 Å². The van der Waals surface area contributed by atoms with Gasteiger partial charge in [-0.15, -0.1) is 10.2 Å². The zero-order chi connectivity index (χ0) is 21.9. The summed E-state index contributed by atoms with van der Waals surface area (Å²) >= 11 is 3.02. The molecule has 9 nitrogen and oxygen atoms in total. The van der Waals surface area contributed by atoms with Crippen molar-refractivity contribution >= 4 is 46.6 Å². The van der Waals surface area contributed by atoms with Gasteiger partial charge in [-0.1, -0.05) is 23.1 Å². The second kappa shape index (κ2) is 7.28. The summed E-state index contributed by atoms with van der Waals surface area (Å²) in [7, 11) is 0. The first kappa shape index (κ1) is 20.4. The highest BCUT2D eigenvalue weighted by molar-refractivity contribution is 8.00. The second-order valence-electron chi connectivity index (χ2n) is 8.06. The Bertz CT molecular complexity index is 1080. The summed E-state index contributed by atoms with van der Waals surface area (Å²) in [4.78, 5) is 40.2. The summed E-state index contributed by atoms with van der Waals surface area (Å²) in [6.07, 6.45) is 1.66.